The topological polar surface area (TPSA) is 52.6 Å². The molecule has 2 N–H and O–H groups in total. The largest absolute Gasteiger partial charge is 0.480 e. The summed E-state index contributed by atoms with van der Waals surface area (Å²) in [5, 5.41) is 12.6. The molecule has 2 aliphatic heterocycles. The van der Waals surface area contributed by atoms with E-state index in [2.05, 4.69) is 17.1 Å². The van der Waals surface area contributed by atoms with Crippen molar-refractivity contribution in [3.8, 4) is 0 Å². The number of carbonyl (C=O) groups is 1. The zero-order valence-corrected chi connectivity index (χ0v) is 10.0. The van der Waals surface area contributed by atoms with Crippen LogP contribution in [-0.4, -0.2) is 47.7 Å². The lowest BCUT2D eigenvalue weighted by Gasteiger charge is -2.27. The summed E-state index contributed by atoms with van der Waals surface area (Å²) < 4.78 is 0. The molecule has 2 unspecified atom stereocenters. The predicted molar refractivity (Wildman–Crippen MR) is 62.4 cm³/mol. The fourth-order valence-corrected chi connectivity index (χ4v) is 3.11. The Morgan fingerprint density at radius 3 is 2.94 bits per heavy atom. The van der Waals surface area contributed by atoms with E-state index in [1.54, 1.807) is 0 Å². The fraction of sp³-hybridized carbons (Fsp3) is 0.917. The molecule has 2 fully saturated rings. The molecule has 2 saturated heterocycles. The van der Waals surface area contributed by atoms with Crippen LogP contribution in [0.2, 0.25) is 0 Å². The van der Waals surface area contributed by atoms with Gasteiger partial charge in [-0.3, -0.25) is 4.79 Å². The SMILES string of the molecule is CCN1CCC(CC2(C(=O)O)CCCN2)C1. The highest BCUT2D eigenvalue weighted by Crippen LogP contribution is 2.31. The highest BCUT2D eigenvalue weighted by Gasteiger charge is 2.43. The maximum atomic E-state index is 11.4. The highest BCUT2D eigenvalue weighted by molar-refractivity contribution is 5.79. The van der Waals surface area contributed by atoms with Crippen LogP contribution in [0.15, 0.2) is 0 Å². The van der Waals surface area contributed by atoms with E-state index in [0.29, 0.717) is 5.92 Å². The van der Waals surface area contributed by atoms with Crippen molar-refractivity contribution in [1.29, 1.82) is 0 Å². The molecule has 0 amide bonds. The Balaban J connectivity index is 1.94. The molecule has 2 heterocycles. The van der Waals surface area contributed by atoms with E-state index in [0.717, 1.165) is 51.9 Å². The van der Waals surface area contributed by atoms with Crippen molar-refractivity contribution < 1.29 is 9.90 Å². The minimum atomic E-state index is -0.653. The second-order valence-electron chi connectivity index (χ2n) is 5.17. The van der Waals surface area contributed by atoms with Gasteiger partial charge in [-0.25, -0.2) is 0 Å². The molecule has 4 heteroatoms. The van der Waals surface area contributed by atoms with Gasteiger partial charge in [-0.2, -0.15) is 0 Å². The standard InChI is InChI=1S/C12H22N2O2/c1-2-14-7-4-10(9-14)8-12(11(15)16)5-3-6-13-12/h10,13H,2-9H2,1H3,(H,15,16). The van der Waals surface area contributed by atoms with Gasteiger partial charge in [0.1, 0.15) is 5.54 Å². The molecular formula is C12H22N2O2. The van der Waals surface area contributed by atoms with Gasteiger partial charge >= 0.3 is 5.97 Å². The zero-order chi connectivity index (χ0) is 11.6. The molecule has 2 atom stereocenters. The van der Waals surface area contributed by atoms with Crippen LogP contribution in [0.3, 0.4) is 0 Å². The molecule has 0 bridgehead atoms. The number of hydrogen-bond donors (Lipinski definition) is 2. The molecule has 2 rings (SSSR count). The monoisotopic (exact) mass is 226 g/mol. The summed E-state index contributed by atoms with van der Waals surface area (Å²) in [5.41, 5.74) is -0.617. The quantitative estimate of drug-likeness (QED) is 0.748. The number of rotatable bonds is 4. The predicted octanol–water partition coefficient (Wildman–Crippen LogP) is 0.925. The summed E-state index contributed by atoms with van der Waals surface area (Å²) in [6, 6.07) is 0. The molecule has 0 spiro atoms. The zero-order valence-electron chi connectivity index (χ0n) is 10.0. The van der Waals surface area contributed by atoms with E-state index in [1.807, 2.05) is 0 Å². The third-order valence-electron chi connectivity index (χ3n) is 4.11. The Kier molecular flexibility index (Phi) is 3.50. The number of likely N-dealkylation sites (tertiary alicyclic amines) is 1. The van der Waals surface area contributed by atoms with Crippen LogP contribution < -0.4 is 5.32 Å². The van der Waals surface area contributed by atoms with Gasteiger partial charge in [-0.1, -0.05) is 6.92 Å². The van der Waals surface area contributed by atoms with E-state index < -0.39 is 11.5 Å². The second kappa shape index (κ2) is 4.72. The van der Waals surface area contributed by atoms with Crippen molar-refractivity contribution in [3.63, 3.8) is 0 Å². The summed E-state index contributed by atoms with van der Waals surface area (Å²) in [6.45, 7) is 6.33. The number of hydrogen-bond acceptors (Lipinski definition) is 3. The second-order valence-corrected chi connectivity index (χ2v) is 5.17. The maximum Gasteiger partial charge on any atom is 0.323 e. The Morgan fingerprint density at radius 1 is 1.62 bits per heavy atom. The van der Waals surface area contributed by atoms with Crippen molar-refractivity contribution in [2.45, 2.75) is 38.1 Å². The maximum absolute atomic E-state index is 11.4. The first-order chi connectivity index (χ1) is 7.66. The van der Waals surface area contributed by atoms with Crippen molar-refractivity contribution in [2.24, 2.45) is 5.92 Å². The van der Waals surface area contributed by atoms with Crippen LogP contribution in [0, 0.1) is 5.92 Å². The molecule has 0 aromatic rings. The molecule has 92 valence electrons. The number of carboxylic acids is 1. The first-order valence-electron chi connectivity index (χ1n) is 6.37. The normalized spacial score (nSPS) is 35.7. The molecule has 0 radical (unpaired) electrons. The van der Waals surface area contributed by atoms with Crippen molar-refractivity contribution in [2.75, 3.05) is 26.2 Å². The van der Waals surface area contributed by atoms with Gasteiger partial charge in [-0.05, 0) is 51.2 Å². The molecule has 0 aromatic heterocycles. The first-order valence-corrected chi connectivity index (χ1v) is 6.37. The van der Waals surface area contributed by atoms with Gasteiger partial charge in [0.25, 0.3) is 0 Å². The molecule has 2 aliphatic rings. The van der Waals surface area contributed by atoms with Crippen LogP contribution in [0.4, 0.5) is 0 Å². The lowest BCUT2D eigenvalue weighted by Crippen LogP contribution is -2.49. The van der Waals surface area contributed by atoms with Crippen LogP contribution >= 0.6 is 0 Å². The Labute approximate surface area is 97.0 Å². The first kappa shape index (κ1) is 11.9. The van der Waals surface area contributed by atoms with Gasteiger partial charge in [-0.15, -0.1) is 0 Å². The van der Waals surface area contributed by atoms with Crippen molar-refractivity contribution in [1.82, 2.24) is 10.2 Å². The van der Waals surface area contributed by atoms with E-state index in [-0.39, 0.29) is 0 Å². The molecular weight excluding hydrogens is 204 g/mol. The van der Waals surface area contributed by atoms with E-state index >= 15 is 0 Å². The summed E-state index contributed by atoms with van der Waals surface area (Å²) in [4.78, 5) is 13.8. The average Bonchev–Trinajstić information content (AvgIpc) is 2.88. The molecule has 16 heavy (non-hydrogen) atoms. The van der Waals surface area contributed by atoms with Gasteiger partial charge in [0.15, 0.2) is 0 Å². The molecule has 0 saturated carbocycles. The number of carboxylic acid groups (broad SMARTS) is 1. The smallest absolute Gasteiger partial charge is 0.323 e. The number of aliphatic carboxylic acids is 1. The Bertz CT molecular complexity index is 262. The Hall–Kier alpha value is -0.610. The van der Waals surface area contributed by atoms with Gasteiger partial charge < -0.3 is 15.3 Å². The summed E-state index contributed by atoms with van der Waals surface area (Å²) in [5.74, 6) is -0.0957. The van der Waals surface area contributed by atoms with Gasteiger partial charge in [0.05, 0.1) is 0 Å². The number of nitrogens with one attached hydrogen (secondary N) is 1. The van der Waals surface area contributed by atoms with E-state index in [9.17, 15) is 9.90 Å². The summed E-state index contributed by atoms with van der Waals surface area (Å²) in [6.07, 6.45) is 3.75. The minimum absolute atomic E-state index is 0.557. The van der Waals surface area contributed by atoms with Crippen LogP contribution in [0.25, 0.3) is 0 Å². The summed E-state index contributed by atoms with van der Waals surface area (Å²) in [7, 11) is 0. The molecule has 0 aromatic carbocycles. The fourth-order valence-electron chi connectivity index (χ4n) is 3.11. The third-order valence-corrected chi connectivity index (χ3v) is 4.11. The van der Waals surface area contributed by atoms with Gasteiger partial charge in [0.2, 0.25) is 0 Å². The molecule has 4 nitrogen and oxygen atoms in total. The van der Waals surface area contributed by atoms with Crippen molar-refractivity contribution >= 4 is 5.97 Å². The van der Waals surface area contributed by atoms with Crippen molar-refractivity contribution in [3.05, 3.63) is 0 Å². The van der Waals surface area contributed by atoms with Crippen LogP contribution in [0.5, 0.6) is 0 Å². The van der Waals surface area contributed by atoms with Crippen LogP contribution in [-0.2, 0) is 4.79 Å². The minimum Gasteiger partial charge on any atom is -0.480 e. The molecule has 0 aliphatic carbocycles. The van der Waals surface area contributed by atoms with E-state index in [1.165, 1.54) is 0 Å². The lowest BCUT2D eigenvalue weighted by molar-refractivity contribution is -0.145. The Morgan fingerprint density at radius 2 is 2.44 bits per heavy atom. The third kappa shape index (κ3) is 2.23. The van der Waals surface area contributed by atoms with Gasteiger partial charge in [0, 0.05) is 6.54 Å². The van der Waals surface area contributed by atoms with Crippen LogP contribution in [0.1, 0.15) is 32.6 Å². The average molecular weight is 226 g/mol. The number of nitrogens with zero attached hydrogens (tertiary/aromatic N) is 1. The summed E-state index contributed by atoms with van der Waals surface area (Å²) >= 11 is 0. The van der Waals surface area contributed by atoms with E-state index in [4.69, 9.17) is 0 Å². The highest BCUT2D eigenvalue weighted by atomic mass is 16.4. The lowest BCUT2D eigenvalue weighted by atomic mass is 9.85.